The lowest BCUT2D eigenvalue weighted by Gasteiger charge is -2.36. The summed E-state index contributed by atoms with van der Waals surface area (Å²) >= 11 is 0. The van der Waals surface area contributed by atoms with Crippen molar-refractivity contribution in [1.82, 2.24) is 25.8 Å². The lowest BCUT2D eigenvalue weighted by atomic mass is 9.78. The van der Waals surface area contributed by atoms with Gasteiger partial charge in [-0.25, -0.2) is 4.79 Å². The van der Waals surface area contributed by atoms with Crippen LogP contribution in [0.3, 0.4) is 0 Å². The van der Waals surface area contributed by atoms with Gasteiger partial charge in [-0.1, -0.05) is 107 Å². The molecule has 0 aliphatic carbocycles. The molecular weight excluding hydrogens is 1040 g/mol. The summed E-state index contributed by atoms with van der Waals surface area (Å²) in [6.07, 6.45) is 0.633. The second-order valence-electron chi connectivity index (χ2n) is 21.5. The summed E-state index contributed by atoms with van der Waals surface area (Å²) in [6.45, 7) is 6.86. The summed E-state index contributed by atoms with van der Waals surface area (Å²) < 4.78 is 27.8. The van der Waals surface area contributed by atoms with Crippen molar-refractivity contribution < 1.29 is 57.3 Å². The first kappa shape index (κ1) is 52.5. The Morgan fingerprint density at radius 1 is 0.488 bits per heavy atom. The zero-order chi connectivity index (χ0) is 57.2. The maximum Gasteiger partial charge on any atom is 0.328 e. The minimum atomic E-state index is -1.85. The van der Waals surface area contributed by atoms with Crippen molar-refractivity contribution in [3.8, 4) is 46.0 Å². The number of nitrogens with one attached hydrogen (secondary N) is 3. The second-order valence-corrected chi connectivity index (χ2v) is 21.5. The Hall–Kier alpha value is -10.2. The number of barbiturate groups is 1. The average Bonchev–Trinajstić information content (AvgIpc) is 1.68. The molecule has 12 rings (SSSR count). The molecule has 0 bridgehead atoms. The molecule has 0 radical (unpaired) electrons. The van der Waals surface area contributed by atoms with Gasteiger partial charge in [-0.3, -0.25) is 54.0 Å². The molecule has 0 aromatic heterocycles. The molecule has 9 aromatic carbocycles. The monoisotopic (exact) mass is 1100 g/mol. The van der Waals surface area contributed by atoms with E-state index in [2.05, 4.69) is 16.0 Å². The van der Waals surface area contributed by atoms with Gasteiger partial charge >= 0.3 is 6.03 Å². The Labute approximate surface area is 469 Å². The molecule has 1 fully saturated rings. The molecule has 0 saturated carbocycles. The third-order valence-corrected chi connectivity index (χ3v) is 15.4. The van der Waals surface area contributed by atoms with Crippen LogP contribution in [-0.4, -0.2) is 76.8 Å². The highest BCUT2D eigenvalue weighted by Crippen LogP contribution is 2.58. The summed E-state index contributed by atoms with van der Waals surface area (Å²) in [7, 11) is 0. The number of para-hydroxylation sites is 4. The van der Waals surface area contributed by atoms with Gasteiger partial charge in [0.1, 0.15) is 51.4 Å². The number of rotatable bonds is 18. The van der Waals surface area contributed by atoms with Crippen LogP contribution in [0.4, 0.5) is 4.79 Å². The van der Waals surface area contributed by atoms with Crippen LogP contribution in [0.5, 0.6) is 46.0 Å². The highest BCUT2D eigenvalue weighted by atomic mass is 16.5. The van der Waals surface area contributed by atoms with Gasteiger partial charge in [0.15, 0.2) is 0 Å². The van der Waals surface area contributed by atoms with Crippen LogP contribution >= 0.6 is 0 Å². The van der Waals surface area contributed by atoms with E-state index in [0.717, 1.165) is 11.3 Å². The lowest BCUT2D eigenvalue weighted by Crippen LogP contribution is -2.63. The van der Waals surface area contributed by atoms with E-state index in [4.69, 9.17) is 18.9 Å². The molecule has 0 spiro atoms. The quantitative estimate of drug-likeness (QED) is 0.0317. The first-order chi connectivity index (χ1) is 39.6. The summed E-state index contributed by atoms with van der Waals surface area (Å²) in [5.74, 6) is -2.52. The van der Waals surface area contributed by atoms with E-state index in [9.17, 15) is 19.2 Å². The molecule has 3 aliphatic rings. The fraction of sp³-hybridized carbons (Fsp3) is 0.200. The Morgan fingerprint density at radius 2 is 0.829 bits per heavy atom. The van der Waals surface area contributed by atoms with E-state index < -0.39 is 64.6 Å². The third-order valence-electron chi connectivity index (χ3n) is 15.4. The van der Waals surface area contributed by atoms with Crippen molar-refractivity contribution in [2.45, 2.75) is 53.4 Å². The average molecular weight is 1100 g/mol. The van der Waals surface area contributed by atoms with Crippen LogP contribution in [0.2, 0.25) is 0 Å². The molecule has 1 saturated heterocycles. The number of carbonyl (C=O) groups is 8. The number of urea groups is 1. The molecule has 3 aliphatic heterocycles. The number of hydrogen-bond acceptors (Lipinski definition) is 12. The van der Waals surface area contributed by atoms with Crippen LogP contribution in [0.1, 0.15) is 94.8 Å². The molecule has 410 valence electrons. The minimum Gasteiger partial charge on any atom is -0.457 e. The predicted octanol–water partition coefficient (Wildman–Crippen LogP) is 12.2. The molecule has 9 amide bonds. The largest absolute Gasteiger partial charge is 0.457 e. The maximum absolute atomic E-state index is 15.6. The molecule has 17 nitrogen and oxygen atoms in total. The van der Waals surface area contributed by atoms with E-state index in [1.54, 1.807) is 118 Å². The summed E-state index contributed by atoms with van der Waals surface area (Å²) in [6, 6.07) is 41.5. The van der Waals surface area contributed by atoms with Crippen molar-refractivity contribution in [3.05, 3.63) is 168 Å². The number of fused-ring (bicyclic) bond motifs is 2. The number of nitrogens with zero attached hydrogens (tertiary/aromatic N) is 2. The van der Waals surface area contributed by atoms with Crippen molar-refractivity contribution in [3.63, 3.8) is 0 Å². The van der Waals surface area contributed by atoms with Crippen LogP contribution in [0.25, 0.3) is 43.1 Å². The van der Waals surface area contributed by atoms with Gasteiger partial charge in [-0.2, -0.15) is 0 Å². The molecule has 82 heavy (non-hydrogen) atoms. The van der Waals surface area contributed by atoms with Gasteiger partial charge in [-0.15, -0.1) is 0 Å². The van der Waals surface area contributed by atoms with Gasteiger partial charge in [-0.05, 0) is 85.6 Å². The highest BCUT2D eigenvalue weighted by molar-refractivity contribution is 6.45. The third kappa shape index (κ3) is 8.90. The summed E-state index contributed by atoms with van der Waals surface area (Å²) in [5.41, 5.74) is -2.30. The van der Waals surface area contributed by atoms with E-state index in [-0.39, 0.29) is 76.7 Å². The van der Waals surface area contributed by atoms with Crippen LogP contribution in [0.15, 0.2) is 146 Å². The minimum absolute atomic E-state index is 0.0748. The molecule has 3 N–H and O–H groups in total. The first-order valence-corrected chi connectivity index (χ1v) is 27.0. The Morgan fingerprint density at radius 3 is 1.16 bits per heavy atom. The number of ether oxygens (including phenoxy) is 4. The molecular formula is C65H53N5O12. The molecule has 3 heterocycles. The fourth-order valence-electron chi connectivity index (χ4n) is 11.4. The van der Waals surface area contributed by atoms with Gasteiger partial charge in [0, 0.05) is 74.6 Å². The number of imide groups is 4. The van der Waals surface area contributed by atoms with Crippen molar-refractivity contribution in [2.75, 3.05) is 19.6 Å². The molecule has 17 heteroatoms. The van der Waals surface area contributed by atoms with Crippen LogP contribution in [-0.2, 0) is 14.4 Å². The van der Waals surface area contributed by atoms with E-state index in [1.165, 1.54) is 4.90 Å². The predicted molar refractivity (Wildman–Crippen MR) is 305 cm³/mol. The van der Waals surface area contributed by atoms with Gasteiger partial charge < -0.3 is 24.3 Å². The van der Waals surface area contributed by atoms with Crippen LogP contribution < -0.4 is 34.9 Å². The zero-order valence-corrected chi connectivity index (χ0v) is 45.1. The van der Waals surface area contributed by atoms with Crippen molar-refractivity contribution >= 4 is 90.5 Å². The summed E-state index contributed by atoms with van der Waals surface area (Å²) in [5, 5.41) is 9.80. The smallest absolute Gasteiger partial charge is 0.328 e. The normalized spacial score (nSPS) is 14.9. The van der Waals surface area contributed by atoms with Crippen molar-refractivity contribution in [1.29, 1.82) is 0 Å². The standard InChI is InChI=1S/C65H53N5O12/c1-5-7-28-69-57(72)40-29-44(79-36-20-12-8-13-21-36)51-53-46(81-38-24-16-10-17-25-38)31-42-50-43(60(75)70(59(42)74)35-64(3,4)34-66-48(71)33-65(6-2)61(76)67-63(78)68-62(65)77)32-47(82-39-26-18-11-19-27-39)54(56(50)53)52-45(80-37-22-14-9-15-23-37)30-41(58(69)73)49(40)55(51)52/h8-27,29-32H,5-7,28,33-35H2,1-4H3,(H,66,71)(H2,67,68,76,77,78). The van der Waals surface area contributed by atoms with Gasteiger partial charge in [0.05, 0.1) is 22.3 Å². The Kier molecular flexibility index (Phi) is 13.1. The van der Waals surface area contributed by atoms with Gasteiger partial charge in [0.25, 0.3) is 23.6 Å². The highest BCUT2D eigenvalue weighted by Gasteiger charge is 2.51. The van der Waals surface area contributed by atoms with Crippen molar-refractivity contribution in [2.24, 2.45) is 10.8 Å². The second kappa shape index (κ2) is 20.5. The van der Waals surface area contributed by atoms with E-state index in [0.29, 0.717) is 67.1 Å². The number of hydrogen-bond donors (Lipinski definition) is 3. The lowest BCUT2D eigenvalue weighted by molar-refractivity contribution is -0.148. The van der Waals surface area contributed by atoms with E-state index in [1.807, 2.05) is 55.5 Å². The number of unbranched alkanes of at least 4 members (excludes halogenated alkanes) is 1. The summed E-state index contributed by atoms with van der Waals surface area (Å²) in [4.78, 5) is 115. The molecule has 0 atom stereocenters. The number of amides is 9. The number of benzene rings is 9. The zero-order valence-electron chi connectivity index (χ0n) is 45.1. The van der Waals surface area contributed by atoms with Crippen LogP contribution in [0, 0.1) is 10.8 Å². The maximum atomic E-state index is 15.6. The number of carbonyl (C=O) groups excluding carboxylic acids is 8. The Balaban J connectivity index is 1.13. The Bertz CT molecular complexity index is 3940. The topological polar surface area (TPSA) is 216 Å². The SMILES string of the molecule is CCCCN1C(=O)c2cc(Oc3ccccc3)c3c4c(Oc5ccccc5)cc5c6c(cc(Oc7ccccc7)c(c7c(Oc8ccccc8)cc(c2c37)C1=O)c64)C(=O)N(CC(C)(C)CNC(=O)CC1(CC)C(=O)NC(=O)NC1=O)C5=O. The van der Waals surface area contributed by atoms with Gasteiger partial charge in [0.2, 0.25) is 17.7 Å². The first-order valence-electron chi connectivity index (χ1n) is 27.0. The molecule has 0 unspecified atom stereocenters. The fourth-order valence-corrected chi connectivity index (χ4v) is 11.4. The van der Waals surface area contributed by atoms with E-state index >= 15 is 19.2 Å². The molecule has 9 aromatic rings.